The van der Waals surface area contributed by atoms with Gasteiger partial charge in [0.15, 0.2) is 0 Å². The van der Waals surface area contributed by atoms with Gasteiger partial charge in [0.05, 0.1) is 7.11 Å². The topological polar surface area (TPSA) is 42.4 Å². The average Bonchev–Trinajstić information content (AvgIpc) is 2.38. The average molecular weight is 234 g/mol. The lowest BCUT2D eigenvalue weighted by Gasteiger charge is -2.30. The van der Waals surface area contributed by atoms with Gasteiger partial charge in [-0.05, 0) is 24.8 Å². The van der Waals surface area contributed by atoms with Crippen LogP contribution in [-0.4, -0.2) is 36.0 Å². The summed E-state index contributed by atoms with van der Waals surface area (Å²) >= 11 is 0. The summed E-state index contributed by atoms with van der Waals surface area (Å²) in [7, 11) is 1.56. The summed E-state index contributed by atoms with van der Waals surface area (Å²) in [5, 5.41) is 0. The molecule has 0 N–H and O–H groups in total. The first-order valence-electron chi connectivity index (χ1n) is 6.01. The number of methoxy groups -OCH3 is 1. The van der Waals surface area contributed by atoms with E-state index in [4.69, 9.17) is 4.74 Å². The fourth-order valence-corrected chi connectivity index (χ4v) is 2.18. The number of hydrogen-bond donors (Lipinski definition) is 0. The maximum absolute atomic E-state index is 12.2. The summed E-state index contributed by atoms with van der Waals surface area (Å²) in [6.07, 6.45) is 2.28. The molecule has 0 aliphatic carbocycles. The van der Waals surface area contributed by atoms with Crippen molar-refractivity contribution in [3.05, 3.63) is 23.9 Å². The van der Waals surface area contributed by atoms with Crippen LogP contribution in [-0.2, 0) is 0 Å². The molecule has 1 amide bonds. The minimum absolute atomic E-state index is 0.00968. The van der Waals surface area contributed by atoms with E-state index in [0.717, 1.165) is 19.5 Å². The Morgan fingerprint density at radius 3 is 3.06 bits per heavy atom. The predicted molar refractivity (Wildman–Crippen MR) is 65.1 cm³/mol. The summed E-state index contributed by atoms with van der Waals surface area (Å²) in [6.45, 7) is 3.85. The second-order valence-electron chi connectivity index (χ2n) is 4.56. The molecule has 92 valence electrons. The van der Waals surface area contributed by atoms with E-state index in [9.17, 15) is 4.79 Å². The quantitative estimate of drug-likeness (QED) is 0.785. The highest BCUT2D eigenvalue weighted by Gasteiger charge is 2.22. The van der Waals surface area contributed by atoms with Gasteiger partial charge in [0, 0.05) is 19.2 Å². The number of amides is 1. The van der Waals surface area contributed by atoms with Gasteiger partial charge < -0.3 is 9.64 Å². The van der Waals surface area contributed by atoms with Crippen LogP contribution in [0.5, 0.6) is 5.88 Å². The SMILES string of the molecule is COc1cccc(C(=O)N2CCCC(C)C2)n1. The molecule has 17 heavy (non-hydrogen) atoms. The number of rotatable bonds is 2. The Bertz CT molecular complexity index is 406. The Morgan fingerprint density at radius 1 is 1.53 bits per heavy atom. The summed E-state index contributed by atoms with van der Waals surface area (Å²) in [4.78, 5) is 18.3. The van der Waals surface area contributed by atoms with E-state index in [-0.39, 0.29) is 5.91 Å². The zero-order valence-electron chi connectivity index (χ0n) is 10.3. The Hall–Kier alpha value is -1.58. The molecule has 1 saturated heterocycles. The number of carbonyl (C=O) groups is 1. The maximum atomic E-state index is 12.2. The molecule has 0 radical (unpaired) electrons. The standard InChI is InChI=1S/C13H18N2O2/c1-10-5-4-8-15(9-10)13(16)11-6-3-7-12(14-11)17-2/h3,6-7,10H,4-5,8-9H2,1-2H3. The van der Waals surface area contributed by atoms with Crippen molar-refractivity contribution >= 4 is 5.91 Å². The lowest BCUT2D eigenvalue weighted by molar-refractivity contribution is 0.0676. The van der Waals surface area contributed by atoms with E-state index in [1.54, 1.807) is 25.3 Å². The molecule has 0 bridgehead atoms. The number of piperidine rings is 1. The van der Waals surface area contributed by atoms with Gasteiger partial charge in [-0.2, -0.15) is 0 Å². The molecule has 4 heteroatoms. The molecule has 1 aliphatic rings. The van der Waals surface area contributed by atoms with Gasteiger partial charge in [-0.15, -0.1) is 0 Å². The molecular weight excluding hydrogens is 216 g/mol. The molecule has 1 atom stereocenters. The summed E-state index contributed by atoms with van der Waals surface area (Å²) in [6, 6.07) is 5.28. The number of ether oxygens (including phenoxy) is 1. The van der Waals surface area contributed by atoms with E-state index in [1.165, 1.54) is 6.42 Å². The second-order valence-corrected chi connectivity index (χ2v) is 4.56. The van der Waals surface area contributed by atoms with Crippen LogP contribution >= 0.6 is 0 Å². The Balaban J connectivity index is 2.12. The molecule has 0 aromatic carbocycles. The van der Waals surface area contributed by atoms with Crippen molar-refractivity contribution in [3.8, 4) is 5.88 Å². The van der Waals surface area contributed by atoms with Crippen molar-refractivity contribution < 1.29 is 9.53 Å². The largest absolute Gasteiger partial charge is 0.481 e. The molecule has 1 unspecified atom stereocenters. The molecule has 1 aromatic rings. The molecular formula is C13H18N2O2. The first kappa shape index (κ1) is 11.9. The normalized spacial score (nSPS) is 20.1. The number of pyridine rings is 1. The molecule has 2 heterocycles. The van der Waals surface area contributed by atoms with Gasteiger partial charge in [-0.1, -0.05) is 13.0 Å². The van der Waals surface area contributed by atoms with Crippen LogP contribution in [0.3, 0.4) is 0 Å². The van der Waals surface area contributed by atoms with Crippen molar-refractivity contribution in [2.45, 2.75) is 19.8 Å². The van der Waals surface area contributed by atoms with Crippen LogP contribution in [0.1, 0.15) is 30.3 Å². The van der Waals surface area contributed by atoms with Crippen LogP contribution in [0.15, 0.2) is 18.2 Å². The van der Waals surface area contributed by atoms with E-state index in [0.29, 0.717) is 17.5 Å². The van der Waals surface area contributed by atoms with Crippen LogP contribution in [0, 0.1) is 5.92 Å². The van der Waals surface area contributed by atoms with E-state index < -0.39 is 0 Å². The van der Waals surface area contributed by atoms with Crippen LogP contribution in [0.25, 0.3) is 0 Å². The smallest absolute Gasteiger partial charge is 0.272 e. The summed E-state index contributed by atoms with van der Waals surface area (Å²) < 4.78 is 5.03. The number of hydrogen-bond acceptors (Lipinski definition) is 3. The highest BCUT2D eigenvalue weighted by Crippen LogP contribution is 2.18. The van der Waals surface area contributed by atoms with E-state index >= 15 is 0 Å². The first-order chi connectivity index (χ1) is 8.20. The monoisotopic (exact) mass is 234 g/mol. The van der Waals surface area contributed by atoms with Gasteiger partial charge in [0.1, 0.15) is 5.69 Å². The molecule has 2 rings (SSSR count). The van der Waals surface area contributed by atoms with Crippen LogP contribution in [0.2, 0.25) is 0 Å². The summed E-state index contributed by atoms with van der Waals surface area (Å²) in [5.41, 5.74) is 0.471. The molecule has 1 aliphatic heterocycles. The third-order valence-corrected chi connectivity index (χ3v) is 3.10. The molecule has 1 fully saturated rings. The van der Waals surface area contributed by atoms with Crippen LogP contribution in [0.4, 0.5) is 0 Å². The zero-order valence-corrected chi connectivity index (χ0v) is 10.3. The van der Waals surface area contributed by atoms with Gasteiger partial charge >= 0.3 is 0 Å². The fraction of sp³-hybridized carbons (Fsp3) is 0.538. The van der Waals surface area contributed by atoms with E-state index in [1.807, 2.05) is 4.90 Å². The Kier molecular flexibility index (Phi) is 3.61. The Morgan fingerprint density at radius 2 is 2.35 bits per heavy atom. The molecule has 0 saturated carbocycles. The predicted octanol–water partition coefficient (Wildman–Crippen LogP) is 1.96. The van der Waals surface area contributed by atoms with Gasteiger partial charge in [-0.3, -0.25) is 4.79 Å². The van der Waals surface area contributed by atoms with Crippen LogP contribution < -0.4 is 4.74 Å². The second kappa shape index (κ2) is 5.17. The zero-order chi connectivity index (χ0) is 12.3. The molecule has 4 nitrogen and oxygen atoms in total. The molecule has 0 spiro atoms. The minimum atomic E-state index is 0.00968. The Labute approximate surface area is 102 Å². The highest BCUT2D eigenvalue weighted by molar-refractivity contribution is 5.92. The lowest BCUT2D eigenvalue weighted by atomic mass is 10.00. The first-order valence-corrected chi connectivity index (χ1v) is 6.01. The third kappa shape index (κ3) is 2.75. The minimum Gasteiger partial charge on any atom is -0.481 e. The van der Waals surface area contributed by atoms with Crippen molar-refractivity contribution in [1.29, 1.82) is 0 Å². The fourth-order valence-electron chi connectivity index (χ4n) is 2.18. The van der Waals surface area contributed by atoms with Crippen molar-refractivity contribution in [2.75, 3.05) is 20.2 Å². The number of carbonyl (C=O) groups excluding carboxylic acids is 1. The summed E-state index contributed by atoms with van der Waals surface area (Å²) in [5.74, 6) is 1.08. The van der Waals surface area contributed by atoms with Crippen molar-refractivity contribution in [2.24, 2.45) is 5.92 Å². The number of nitrogens with zero attached hydrogens (tertiary/aromatic N) is 2. The third-order valence-electron chi connectivity index (χ3n) is 3.10. The lowest BCUT2D eigenvalue weighted by Crippen LogP contribution is -2.39. The highest BCUT2D eigenvalue weighted by atomic mass is 16.5. The van der Waals surface area contributed by atoms with E-state index in [2.05, 4.69) is 11.9 Å². The van der Waals surface area contributed by atoms with Gasteiger partial charge in [0.25, 0.3) is 5.91 Å². The van der Waals surface area contributed by atoms with Gasteiger partial charge in [0.2, 0.25) is 5.88 Å². The van der Waals surface area contributed by atoms with Gasteiger partial charge in [-0.25, -0.2) is 4.98 Å². The maximum Gasteiger partial charge on any atom is 0.272 e. The molecule has 1 aromatic heterocycles. The number of likely N-dealkylation sites (tertiary alicyclic amines) is 1. The van der Waals surface area contributed by atoms with Crippen molar-refractivity contribution in [1.82, 2.24) is 9.88 Å². The van der Waals surface area contributed by atoms with Crippen molar-refractivity contribution in [3.63, 3.8) is 0 Å². The number of aromatic nitrogens is 1.